The first-order chi connectivity index (χ1) is 57.0. The number of hydrogen-bond acceptors (Lipinski definition) is 16. The number of ether oxygens (including phenoxy) is 5. The number of aromatic nitrogens is 3. The van der Waals surface area contributed by atoms with Crippen molar-refractivity contribution >= 4 is 93.7 Å². The molecule has 33 heteroatoms. The molecule has 12 aliphatic rings. The molecule has 3 aromatic heterocycles. The van der Waals surface area contributed by atoms with Gasteiger partial charge in [0, 0.05) is 107 Å². The van der Waals surface area contributed by atoms with E-state index in [0.29, 0.717) is 137 Å². The van der Waals surface area contributed by atoms with Crippen LogP contribution in [-0.2, 0) is 70.3 Å². The van der Waals surface area contributed by atoms with Crippen molar-refractivity contribution in [2.45, 2.75) is 152 Å². The van der Waals surface area contributed by atoms with Crippen molar-refractivity contribution in [1.82, 2.24) is 57.5 Å². The second kappa shape index (κ2) is 35.4. The summed E-state index contributed by atoms with van der Waals surface area (Å²) in [5, 5.41) is 24.7. The van der Waals surface area contributed by atoms with Crippen LogP contribution in [0.25, 0.3) is 0 Å². The lowest BCUT2D eigenvalue weighted by molar-refractivity contribution is -0.184. The Morgan fingerprint density at radius 2 is 0.767 bits per heavy atom. The molecule has 8 amide bonds. The zero-order valence-electron chi connectivity index (χ0n) is 65.9. The molecule has 3 heterocycles. The van der Waals surface area contributed by atoms with Crippen molar-refractivity contribution in [3.8, 4) is 28.9 Å². The van der Waals surface area contributed by atoms with E-state index in [2.05, 4.69) is 57.5 Å². The second-order valence-corrected chi connectivity index (χ2v) is 34.5. The van der Waals surface area contributed by atoms with Crippen LogP contribution in [-0.4, -0.2) is 124 Å². The molecule has 0 atom stereocenters. The minimum atomic E-state index is -3.19. The molecule has 8 aromatic rings. The average molecular weight is 1730 g/mol. The summed E-state index contributed by atoms with van der Waals surface area (Å²) in [6, 6.07) is 34.5. The van der Waals surface area contributed by atoms with Gasteiger partial charge in [-0.2, -0.15) is 0 Å². The fraction of sp³-hybridized carbons (Fsp3) is 0.391. The normalized spacial score (nSPS) is 23.8. The number of pyridine rings is 3. The van der Waals surface area contributed by atoms with Crippen LogP contribution in [0.2, 0.25) is 20.1 Å². The Hall–Kier alpha value is -10.9. The van der Waals surface area contributed by atoms with Crippen LogP contribution in [0.3, 0.4) is 0 Å². The Morgan fingerprint density at radius 3 is 1.13 bits per heavy atom. The molecule has 12 fully saturated rings. The van der Waals surface area contributed by atoms with Gasteiger partial charge >= 0.3 is 0 Å². The first kappa shape index (κ1) is 87.0. The summed E-state index contributed by atoms with van der Waals surface area (Å²) < 4.78 is 94.2. The number of halogens is 9. The van der Waals surface area contributed by atoms with Gasteiger partial charge < -0.3 is 66.2 Å². The fourth-order valence-corrected chi connectivity index (χ4v) is 17.9. The van der Waals surface area contributed by atoms with E-state index in [1.807, 2.05) is 56.3 Å². The largest absolute Gasteiger partial charge is 0.484 e. The zero-order chi connectivity index (χ0) is 85.6. The van der Waals surface area contributed by atoms with Crippen LogP contribution in [0.1, 0.15) is 123 Å². The number of carbonyl (C=O) groups excluding carboxylic acids is 8. The quantitative estimate of drug-likeness (QED) is 0.0187. The molecule has 0 aliphatic heterocycles. The number of nitrogens with one attached hydrogen (secondary N) is 8. The highest BCUT2D eigenvalue weighted by atomic mass is 35.5. The Labute approximate surface area is 708 Å². The number of carbonyl (C=O) groups is 8. The summed E-state index contributed by atoms with van der Waals surface area (Å²) in [5.74, 6) is -4.29. The number of alkyl halides is 2. The molecular weight excluding hydrogens is 1640 g/mol. The monoisotopic (exact) mass is 1730 g/mol. The summed E-state index contributed by atoms with van der Waals surface area (Å²) in [6.45, 7) is 5.16. The summed E-state index contributed by atoms with van der Waals surface area (Å²) in [4.78, 5) is 111. The average Bonchev–Trinajstić information content (AvgIpc) is 0.693. The van der Waals surface area contributed by atoms with E-state index < -0.39 is 51.2 Å². The van der Waals surface area contributed by atoms with Gasteiger partial charge in [-0.25, -0.2) is 26.9 Å². The van der Waals surface area contributed by atoms with Crippen LogP contribution < -0.4 is 66.2 Å². The molecular formula is C87H88Cl4F5N11O13. The third-order valence-electron chi connectivity index (χ3n) is 23.2. The molecule has 20 rings (SSSR count). The maximum atomic E-state index is 13.7. The van der Waals surface area contributed by atoms with Crippen molar-refractivity contribution in [1.29, 1.82) is 0 Å². The van der Waals surface area contributed by atoms with Gasteiger partial charge in [0.2, 0.25) is 29.5 Å². The standard InChI is InChI=1S/C23H21ClF4N2O3.C22H24ClN3O3.C21H21ClFN3O4.C21H22ClN3O3/c1-21(27,28)14-4-13(5-15(25)6-14)8-29-20(32)22-10-23(11-22,12-22)30-19(31)9-33-16-2-3-17(24)18(26)7-16;1-15-10-17(2-3-18(15)23)29-11-19(27)26-22-12-21(13-22,14-22)20(28)25-9-6-16-4-7-24-8-5-16;1-29-18-4-2-3-13(25-18)8-24-19(28)20-10-21(11-20,12-20)26-17(27)9-30-14-5-6-15(22)16(23)7-14;1-14-8-16(2-3-17(14)22)28-10-18(26)25-21-11-20(12-21,13-21)19(27)24-9-15-4-6-23-7-5-15/h2-7H,8-12H2,1H3,(H,29,32)(H,30,31);2-5,7-8,10H,6,9,11-14H2,1H3,(H,25,28)(H,26,27);2-7H,8-12H2,1H3,(H,24,28)(H,26,27);2-8H,9-13H2,1H3,(H,24,27)(H,25,26). The van der Waals surface area contributed by atoms with Crippen molar-refractivity contribution in [3.05, 3.63) is 235 Å². The smallest absolute Gasteiger partial charge is 0.270 e. The van der Waals surface area contributed by atoms with E-state index in [4.69, 9.17) is 70.1 Å². The van der Waals surface area contributed by atoms with Crippen LogP contribution in [0.15, 0.2) is 158 Å². The Morgan fingerprint density at radius 1 is 0.417 bits per heavy atom. The summed E-state index contributed by atoms with van der Waals surface area (Å²) in [7, 11) is 1.54. The van der Waals surface area contributed by atoms with Gasteiger partial charge in [-0.3, -0.25) is 48.3 Å². The molecule has 632 valence electrons. The Balaban J connectivity index is 0.000000139. The molecule has 0 unspecified atom stereocenters. The molecule has 5 aromatic carbocycles. The van der Waals surface area contributed by atoms with Crippen molar-refractivity contribution in [2.75, 3.05) is 40.1 Å². The van der Waals surface area contributed by atoms with Gasteiger partial charge in [-0.05, 0) is 234 Å². The highest BCUT2D eigenvalue weighted by Crippen LogP contribution is 2.70. The van der Waals surface area contributed by atoms with Crippen LogP contribution in [0.4, 0.5) is 22.0 Å². The van der Waals surface area contributed by atoms with Gasteiger partial charge in [0.05, 0.1) is 51.1 Å². The van der Waals surface area contributed by atoms with Gasteiger partial charge in [-0.1, -0.05) is 52.5 Å². The predicted octanol–water partition coefficient (Wildman–Crippen LogP) is 12.7. The highest BCUT2D eigenvalue weighted by molar-refractivity contribution is 6.32. The number of rotatable bonds is 31. The SMILES string of the molecule is CC(F)(F)c1cc(F)cc(CNC(=O)C23CC(NC(=O)COc4ccc(Cl)c(F)c4)(C2)C3)c1.COc1cccc(CNC(=O)C23CC(NC(=O)COc4ccc(Cl)c(F)c4)(C2)C3)n1.Cc1cc(OCC(=O)NC23CC(C(=O)NCCc4ccncc4)(C2)C3)ccc1Cl.Cc1cc(OCC(=O)NC23CC(C(=O)NCc4ccncc4)(C2)C3)ccc1Cl. The third-order valence-corrected chi connectivity index (χ3v) is 24.6. The van der Waals surface area contributed by atoms with E-state index in [-0.39, 0.29) is 129 Å². The molecule has 24 nitrogen and oxygen atoms in total. The van der Waals surface area contributed by atoms with Gasteiger partial charge in [0.1, 0.15) is 40.4 Å². The molecule has 12 saturated carbocycles. The molecule has 0 saturated heterocycles. The second-order valence-electron chi connectivity index (χ2n) is 32.9. The lowest BCUT2D eigenvalue weighted by atomic mass is 9.39. The van der Waals surface area contributed by atoms with Gasteiger partial charge in [0.25, 0.3) is 29.6 Å². The Kier molecular flexibility index (Phi) is 25.7. The number of benzene rings is 5. The van der Waals surface area contributed by atoms with Crippen molar-refractivity contribution < 1.29 is 84.0 Å². The molecule has 8 N–H and O–H groups in total. The summed E-state index contributed by atoms with van der Waals surface area (Å²) in [6.07, 6.45) is 15.0. The van der Waals surface area contributed by atoms with E-state index >= 15 is 0 Å². The van der Waals surface area contributed by atoms with E-state index in [9.17, 15) is 60.3 Å². The van der Waals surface area contributed by atoms with Crippen molar-refractivity contribution in [2.24, 2.45) is 21.7 Å². The lowest BCUT2D eigenvalue weighted by Crippen LogP contribution is -2.78. The minimum absolute atomic E-state index is 0.00794. The number of amides is 8. The maximum Gasteiger partial charge on any atom is 0.270 e. The highest BCUT2D eigenvalue weighted by Gasteiger charge is 2.75. The van der Waals surface area contributed by atoms with Gasteiger partial charge in [0.15, 0.2) is 26.4 Å². The molecule has 0 radical (unpaired) electrons. The Bertz CT molecular complexity index is 5170. The number of aryl methyl sites for hydroxylation is 2. The van der Waals surface area contributed by atoms with E-state index in [1.165, 1.54) is 30.3 Å². The van der Waals surface area contributed by atoms with Crippen molar-refractivity contribution in [3.63, 3.8) is 0 Å². The number of hydrogen-bond donors (Lipinski definition) is 8. The third kappa shape index (κ3) is 20.2. The summed E-state index contributed by atoms with van der Waals surface area (Å²) >= 11 is 23.2. The molecule has 12 aliphatic carbocycles. The number of methoxy groups -OCH3 is 1. The predicted molar refractivity (Wildman–Crippen MR) is 433 cm³/mol. The molecule has 120 heavy (non-hydrogen) atoms. The maximum absolute atomic E-state index is 13.7. The fourth-order valence-electron chi connectivity index (χ4n) is 17.4. The first-order valence-corrected chi connectivity index (χ1v) is 40.3. The van der Waals surface area contributed by atoms with E-state index in [1.54, 1.807) is 68.3 Å². The number of nitrogens with zero attached hydrogens (tertiary/aromatic N) is 3. The van der Waals surface area contributed by atoms with Gasteiger partial charge in [-0.15, -0.1) is 0 Å². The van der Waals surface area contributed by atoms with Crippen LogP contribution >= 0.6 is 46.4 Å². The molecule has 0 spiro atoms. The topological polar surface area (TPSA) is 318 Å². The summed E-state index contributed by atoms with van der Waals surface area (Å²) in [5.41, 5.74) is 1.48. The van der Waals surface area contributed by atoms with Crippen LogP contribution in [0, 0.1) is 53.0 Å². The lowest BCUT2D eigenvalue weighted by Gasteiger charge is -2.69. The molecule has 8 bridgehead atoms. The van der Waals surface area contributed by atoms with E-state index in [0.717, 1.165) is 52.9 Å². The zero-order valence-corrected chi connectivity index (χ0v) is 68.9. The minimum Gasteiger partial charge on any atom is -0.484 e. The first-order valence-electron chi connectivity index (χ1n) is 38.8. The van der Waals surface area contributed by atoms with Crippen LogP contribution in [0.5, 0.6) is 28.9 Å².